The topological polar surface area (TPSA) is 72.1 Å². The normalized spacial score (nSPS) is 14.3. The van der Waals surface area contributed by atoms with Crippen LogP contribution >= 0.6 is 0 Å². The summed E-state index contributed by atoms with van der Waals surface area (Å²) in [6.07, 6.45) is 0. The van der Waals surface area contributed by atoms with E-state index >= 15 is 0 Å². The van der Waals surface area contributed by atoms with Crippen LogP contribution in [0.15, 0.2) is 66.7 Å². The van der Waals surface area contributed by atoms with Crippen molar-refractivity contribution in [2.24, 2.45) is 0 Å². The van der Waals surface area contributed by atoms with Gasteiger partial charge in [0.25, 0.3) is 0 Å². The summed E-state index contributed by atoms with van der Waals surface area (Å²) in [6.45, 7) is 5.09. The van der Waals surface area contributed by atoms with Gasteiger partial charge >= 0.3 is 0 Å². The third-order valence-corrected chi connectivity index (χ3v) is 5.89. The zero-order chi connectivity index (χ0) is 23.9. The van der Waals surface area contributed by atoms with Gasteiger partial charge in [-0.1, -0.05) is 12.1 Å². The van der Waals surface area contributed by atoms with Crippen LogP contribution in [-0.4, -0.2) is 52.5 Å². The van der Waals surface area contributed by atoms with Gasteiger partial charge < -0.3 is 29.7 Å². The van der Waals surface area contributed by atoms with E-state index < -0.39 is 6.04 Å². The number of hydrogen-bond acceptors (Lipinski definition) is 6. The van der Waals surface area contributed by atoms with Crippen molar-refractivity contribution >= 4 is 23.0 Å². The molecule has 34 heavy (non-hydrogen) atoms. The summed E-state index contributed by atoms with van der Waals surface area (Å²) in [7, 11) is 3.29. The molecule has 1 aliphatic rings. The maximum Gasteiger partial charge on any atom is 0.246 e. The molecule has 1 fully saturated rings. The lowest BCUT2D eigenvalue weighted by atomic mass is 10.0. The predicted octanol–water partition coefficient (Wildman–Crippen LogP) is 4.65. The highest BCUT2D eigenvalue weighted by atomic mass is 16.5. The van der Waals surface area contributed by atoms with E-state index in [9.17, 15) is 4.79 Å². The molecule has 1 saturated heterocycles. The fraction of sp³-hybridized carbons (Fsp3) is 0.296. The average Bonchev–Trinajstić information content (AvgIpc) is 2.89. The van der Waals surface area contributed by atoms with Crippen molar-refractivity contribution in [3.8, 4) is 22.6 Å². The highest BCUT2D eigenvalue weighted by Crippen LogP contribution is 2.33. The van der Waals surface area contributed by atoms with Crippen molar-refractivity contribution in [1.29, 1.82) is 0 Å². The maximum atomic E-state index is 12.8. The minimum absolute atomic E-state index is 0.110. The van der Waals surface area contributed by atoms with Crippen molar-refractivity contribution in [2.75, 3.05) is 56.1 Å². The number of nitrogens with one attached hydrogen (secondary N) is 2. The molecule has 0 spiro atoms. The standard InChI is InChI=1S/C27H31N3O4/c1-19(27(31)29-21-6-9-23(10-7-21)30-14-16-34-17-15-30)28-22-8-13-26(33-3)25(18-22)20-4-11-24(32-2)12-5-20/h4-13,18-19,28H,14-17H2,1-3H3,(H,29,31). The lowest BCUT2D eigenvalue weighted by Crippen LogP contribution is -2.36. The Labute approximate surface area is 200 Å². The third-order valence-electron chi connectivity index (χ3n) is 5.89. The van der Waals surface area contributed by atoms with Crippen LogP contribution in [0.1, 0.15) is 6.92 Å². The number of rotatable bonds is 8. The summed E-state index contributed by atoms with van der Waals surface area (Å²) in [5, 5.41) is 6.28. The van der Waals surface area contributed by atoms with Crippen molar-refractivity contribution in [3.05, 3.63) is 66.7 Å². The SMILES string of the molecule is COc1ccc(-c2cc(NC(C)C(=O)Nc3ccc(N4CCOCC4)cc3)ccc2OC)cc1. The molecule has 1 atom stereocenters. The van der Waals surface area contributed by atoms with Crippen molar-refractivity contribution < 1.29 is 19.0 Å². The molecule has 4 rings (SSSR count). The Morgan fingerprint density at radius 3 is 2.24 bits per heavy atom. The van der Waals surface area contributed by atoms with E-state index in [4.69, 9.17) is 14.2 Å². The molecule has 0 bridgehead atoms. The van der Waals surface area contributed by atoms with Crippen LogP contribution in [0, 0.1) is 0 Å². The van der Waals surface area contributed by atoms with Crippen molar-refractivity contribution in [2.45, 2.75) is 13.0 Å². The number of carbonyl (C=O) groups excluding carboxylic acids is 1. The maximum absolute atomic E-state index is 12.8. The van der Waals surface area contributed by atoms with Crippen molar-refractivity contribution in [3.63, 3.8) is 0 Å². The van der Waals surface area contributed by atoms with E-state index in [2.05, 4.69) is 15.5 Å². The second-order valence-corrected chi connectivity index (χ2v) is 8.15. The van der Waals surface area contributed by atoms with E-state index in [1.54, 1.807) is 14.2 Å². The number of carbonyl (C=O) groups is 1. The molecule has 178 valence electrons. The zero-order valence-electron chi connectivity index (χ0n) is 19.8. The number of benzene rings is 3. The van der Waals surface area contributed by atoms with E-state index in [1.165, 1.54) is 0 Å². The number of morpholine rings is 1. The van der Waals surface area contributed by atoms with Crippen LogP contribution in [0.25, 0.3) is 11.1 Å². The Hall–Kier alpha value is -3.71. The second-order valence-electron chi connectivity index (χ2n) is 8.15. The van der Waals surface area contributed by atoms with Gasteiger partial charge in [0, 0.05) is 35.7 Å². The van der Waals surface area contributed by atoms with Gasteiger partial charge in [-0.3, -0.25) is 4.79 Å². The molecule has 0 aliphatic carbocycles. The quantitative estimate of drug-likeness (QED) is 0.509. The Balaban J connectivity index is 1.41. The number of nitrogens with zero attached hydrogens (tertiary/aromatic N) is 1. The Kier molecular flexibility index (Phi) is 7.54. The first kappa shape index (κ1) is 23.4. The molecule has 1 amide bonds. The van der Waals surface area contributed by atoms with E-state index in [0.717, 1.165) is 66.0 Å². The van der Waals surface area contributed by atoms with Gasteiger partial charge in [0.05, 0.1) is 27.4 Å². The fourth-order valence-corrected chi connectivity index (χ4v) is 3.94. The number of anilines is 3. The molecular weight excluding hydrogens is 430 g/mol. The first-order valence-corrected chi connectivity index (χ1v) is 11.4. The summed E-state index contributed by atoms with van der Waals surface area (Å²) >= 11 is 0. The minimum Gasteiger partial charge on any atom is -0.497 e. The average molecular weight is 462 g/mol. The van der Waals surface area contributed by atoms with E-state index in [-0.39, 0.29) is 5.91 Å². The van der Waals surface area contributed by atoms with Gasteiger partial charge in [0.2, 0.25) is 5.91 Å². The smallest absolute Gasteiger partial charge is 0.246 e. The summed E-state index contributed by atoms with van der Waals surface area (Å²) in [6, 6.07) is 21.1. The molecule has 0 aromatic heterocycles. The van der Waals surface area contributed by atoms with Gasteiger partial charge in [-0.05, 0) is 67.1 Å². The molecule has 3 aromatic carbocycles. The molecule has 7 nitrogen and oxygen atoms in total. The molecule has 1 aliphatic heterocycles. The second kappa shape index (κ2) is 10.9. The summed E-state index contributed by atoms with van der Waals surface area (Å²) in [5.41, 5.74) is 4.67. The van der Waals surface area contributed by atoms with E-state index in [1.807, 2.05) is 73.7 Å². The highest BCUT2D eigenvalue weighted by molar-refractivity contribution is 5.96. The Morgan fingerprint density at radius 2 is 1.59 bits per heavy atom. The lowest BCUT2D eigenvalue weighted by Gasteiger charge is -2.29. The lowest BCUT2D eigenvalue weighted by molar-refractivity contribution is -0.116. The number of hydrogen-bond donors (Lipinski definition) is 2. The molecule has 1 unspecified atom stereocenters. The Morgan fingerprint density at radius 1 is 0.912 bits per heavy atom. The van der Waals surface area contributed by atoms with Crippen LogP contribution in [0.5, 0.6) is 11.5 Å². The van der Waals surface area contributed by atoms with Gasteiger partial charge in [-0.15, -0.1) is 0 Å². The van der Waals surface area contributed by atoms with Crippen LogP contribution in [0.2, 0.25) is 0 Å². The number of amides is 1. The fourth-order valence-electron chi connectivity index (χ4n) is 3.94. The first-order chi connectivity index (χ1) is 16.6. The molecular formula is C27H31N3O4. The molecule has 0 saturated carbocycles. The van der Waals surface area contributed by atoms with Crippen LogP contribution < -0.4 is 25.0 Å². The van der Waals surface area contributed by atoms with Crippen LogP contribution in [0.4, 0.5) is 17.1 Å². The predicted molar refractivity (Wildman–Crippen MR) is 136 cm³/mol. The first-order valence-electron chi connectivity index (χ1n) is 11.4. The van der Waals surface area contributed by atoms with Crippen LogP contribution in [-0.2, 0) is 9.53 Å². The number of methoxy groups -OCH3 is 2. The molecule has 1 heterocycles. The highest BCUT2D eigenvalue weighted by Gasteiger charge is 2.16. The van der Waals surface area contributed by atoms with E-state index in [0.29, 0.717) is 0 Å². The monoisotopic (exact) mass is 461 g/mol. The molecule has 7 heteroatoms. The van der Waals surface area contributed by atoms with Gasteiger partial charge in [0.15, 0.2) is 0 Å². The molecule has 3 aromatic rings. The number of ether oxygens (including phenoxy) is 3. The Bertz CT molecular complexity index is 1090. The zero-order valence-corrected chi connectivity index (χ0v) is 19.8. The van der Waals surface area contributed by atoms with Crippen molar-refractivity contribution in [1.82, 2.24) is 0 Å². The minimum atomic E-state index is -0.434. The summed E-state index contributed by atoms with van der Waals surface area (Å²) in [4.78, 5) is 15.1. The molecule has 2 N–H and O–H groups in total. The van der Waals surface area contributed by atoms with Gasteiger partial charge in [-0.25, -0.2) is 0 Å². The largest absolute Gasteiger partial charge is 0.497 e. The van der Waals surface area contributed by atoms with Crippen LogP contribution in [0.3, 0.4) is 0 Å². The summed E-state index contributed by atoms with van der Waals surface area (Å²) in [5.74, 6) is 1.44. The van der Waals surface area contributed by atoms with Gasteiger partial charge in [-0.2, -0.15) is 0 Å². The third kappa shape index (κ3) is 5.61. The van der Waals surface area contributed by atoms with Gasteiger partial charge in [0.1, 0.15) is 17.5 Å². The summed E-state index contributed by atoms with van der Waals surface area (Å²) < 4.78 is 16.2. The molecule has 0 radical (unpaired) electrons.